The van der Waals surface area contributed by atoms with Crippen molar-refractivity contribution in [2.24, 2.45) is 11.8 Å². The van der Waals surface area contributed by atoms with Gasteiger partial charge in [-0.25, -0.2) is 5.01 Å². The molecule has 1 heterocycles. The number of carbonyl (C=O) groups is 4. The molecule has 0 radical (unpaired) electrons. The lowest BCUT2D eigenvalue weighted by molar-refractivity contribution is -0.385. The number of hydrogen-bond donors (Lipinski definition) is 0. The maximum absolute atomic E-state index is 13.9. The zero-order chi connectivity index (χ0) is 31.1. The number of hydrogen-bond acceptors (Lipinski definition) is 8. The molecule has 0 N–H and O–H groups in total. The topological polar surface area (TPSA) is 161 Å². The number of Topliss-reactive ketones (excluding diaryl/α,β-unsaturated/α-hetero) is 1. The minimum Gasteiger partial charge on any atom is -0.292 e. The first-order valence-electron chi connectivity index (χ1n) is 11.5. The molecule has 4 atom stereocenters. The Balaban J connectivity index is 1.61. The summed E-state index contributed by atoms with van der Waals surface area (Å²) in [6, 6.07) is 8.78. The van der Waals surface area contributed by atoms with Crippen molar-refractivity contribution < 1.29 is 29.0 Å². The van der Waals surface area contributed by atoms with Gasteiger partial charge in [-0.15, -0.1) is 23.2 Å². The van der Waals surface area contributed by atoms with Gasteiger partial charge in [-0.2, -0.15) is 5.01 Å². The first kappa shape index (κ1) is 30.5. The van der Waals surface area contributed by atoms with Crippen molar-refractivity contribution in [3.05, 3.63) is 90.0 Å². The number of alkyl halides is 4. The third-order valence-electron chi connectivity index (χ3n) is 7.34. The quantitative estimate of drug-likeness (QED) is 0.126. The molecule has 2 fully saturated rings. The van der Waals surface area contributed by atoms with Crippen LogP contribution < -0.4 is 0 Å². The van der Waals surface area contributed by atoms with E-state index in [1.165, 1.54) is 18.2 Å². The molecule has 42 heavy (non-hydrogen) atoms. The average Bonchev–Trinajstić information content (AvgIpc) is 3.34. The van der Waals surface area contributed by atoms with Crippen molar-refractivity contribution >= 4 is 104 Å². The summed E-state index contributed by atoms with van der Waals surface area (Å²) in [6.45, 7) is -1.02. The molecule has 1 saturated heterocycles. The van der Waals surface area contributed by atoms with Crippen LogP contribution in [0.15, 0.2) is 58.6 Å². The molecule has 12 nitrogen and oxygen atoms in total. The van der Waals surface area contributed by atoms with Crippen molar-refractivity contribution in [3.63, 3.8) is 0 Å². The lowest BCUT2D eigenvalue weighted by Gasteiger charge is -2.36. The summed E-state index contributed by atoms with van der Waals surface area (Å²) < 4.78 is -2.27. The van der Waals surface area contributed by atoms with Crippen LogP contribution in [0.5, 0.6) is 0 Å². The Morgan fingerprint density at radius 2 is 1.24 bits per heavy atom. The molecule has 3 aliphatic rings. The number of nitro groups is 2. The molecule has 2 aliphatic carbocycles. The maximum atomic E-state index is 13.9. The predicted molar refractivity (Wildman–Crippen MR) is 151 cm³/mol. The molecule has 5 rings (SSSR count). The number of allylic oxidation sites excluding steroid dienone is 2. The summed E-state index contributed by atoms with van der Waals surface area (Å²) in [7, 11) is 0. The van der Waals surface area contributed by atoms with E-state index in [0.717, 1.165) is 30.3 Å². The fourth-order valence-electron chi connectivity index (χ4n) is 5.37. The van der Waals surface area contributed by atoms with E-state index in [-0.39, 0.29) is 21.2 Å². The molecule has 218 valence electrons. The summed E-state index contributed by atoms with van der Waals surface area (Å²) in [6.07, 6.45) is 0. The van der Waals surface area contributed by atoms with Crippen LogP contribution in [0.4, 0.5) is 11.4 Å². The molecule has 1 saturated carbocycles. The summed E-state index contributed by atoms with van der Waals surface area (Å²) in [5.41, 5.74) is -1.57. The van der Waals surface area contributed by atoms with Crippen molar-refractivity contribution in [2.45, 2.75) is 14.1 Å². The number of carbonyl (C=O) groups excluding carboxylic acids is 4. The van der Waals surface area contributed by atoms with E-state index in [0.29, 0.717) is 10.0 Å². The van der Waals surface area contributed by atoms with Gasteiger partial charge < -0.3 is 0 Å². The third kappa shape index (κ3) is 3.89. The molecular formula is C24H12Cl6N4O8. The van der Waals surface area contributed by atoms with Gasteiger partial charge >= 0.3 is 0 Å². The van der Waals surface area contributed by atoms with E-state index >= 15 is 0 Å². The van der Waals surface area contributed by atoms with Crippen LogP contribution in [0.2, 0.25) is 0 Å². The van der Waals surface area contributed by atoms with Crippen LogP contribution in [0.3, 0.4) is 0 Å². The SMILES string of the molecule is O=C(CN(C(=O)c1cccc([N+](=O)[O-])c1)N1C(=O)[C@@H]2[C@@H](C1=O)[C@@]1(Cl)C(Cl)=C(Cl)[C@@]2(Cl)C1(Cl)Cl)c1cccc([N+](=O)[O-])c1. The monoisotopic (exact) mass is 694 g/mol. The largest absolute Gasteiger partial charge is 0.292 e. The standard InChI is InChI=1S/C24H12Cl6N4O8/c25-17-18(26)23(28)16-15(22(17,27)24(23,29)30)20(37)32(21(16)38)31(19(36)11-4-2-6-13(8-11)34(41)42)9-14(35)10-3-1-5-12(7-10)33(39)40/h1-8,15-16H,9H2/t15-,16-,22+,23+/m0/s1. The number of fused-ring (bicyclic) bond motifs is 5. The lowest BCUT2D eigenvalue weighted by Crippen LogP contribution is -2.56. The van der Waals surface area contributed by atoms with Crippen LogP contribution in [0, 0.1) is 32.1 Å². The van der Waals surface area contributed by atoms with E-state index in [1.807, 2.05) is 0 Å². The highest BCUT2D eigenvalue weighted by Gasteiger charge is 2.88. The maximum Gasteiger partial charge on any atom is 0.273 e. The number of nitrogens with zero attached hydrogens (tertiary/aromatic N) is 4. The summed E-state index contributed by atoms with van der Waals surface area (Å²) >= 11 is 39.1. The molecule has 18 heteroatoms. The Morgan fingerprint density at radius 3 is 1.69 bits per heavy atom. The summed E-state index contributed by atoms with van der Waals surface area (Å²) in [4.78, 5) is 71.5. The second-order valence-corrected chi connectivity index (χ2v) is 12.7. The van der Waals surface area contributed by atoms with Crippen molar-refractivity contribution in [3.8, 4) is 0 Å². The normalized spacial score (nSPS) is 27.3. The van der Waals surface area contributed by atoms with Gasteiger partial charge in [0.15, 0.2) is 10.1 Å². The number of halogens is 6. The number of nitro benzene ring substituents is 2. The lowest BCUT2D eigenvalue weighted by atomic mass is 9.84. The van der Waals surface area contributed by atoms with Gasteiger partial charge in [0.2, 0.25) is 0 Å². The van der Waals surface area contributed by atoms with Crippen molar-refractivity contribution in [1.82, 2.24) is 10.0 Å². The summed E-state index contributed by atoms with van der Waals surface area (Å²) in [5.74, 6) is -7.75. The van der Waals surface area contributed by atoms with Gasteiger partial charge in [0.1, 0.15) is 16.3 Å². The van der Waals surface area contributed by atoms with Gasteiger partial charge in [0.25, 0.3) is 29.1 Å². The number of amides is 3. The number of rotatable bonds is 7. The van der Waals surface area contributed by atoms with Crippen LogP contribution in [0.25, 0.3) is 0 Å². The average molecular weight is 697 g/mol. The van der Waals surface area contributed by atoms with E-state index in [2.05, 4.69) is 0 Å². The number of imide groups is 1. The van der Waals surface area contributed by atoms with Crippen molar-refractivity contribution in [1.29, 1.82) is 0 Å². The Hall–Kier alpha value is -3.00. The zero-order valence-corrected chi connectivity index (χ0v) is 24.8. The highest BCUT2D eigenvalue weighted by Crippen LogP contribution is 2.77. The Bertz CT molecular complexity index is 1640. The van der Waals surface area contributed by atoms with E-state index in [9.17, 15) is 39.4 Å². The van der Waals surface area contributed by atoms with Crippen LogP contribution in [-0.4, -0.2) is 64.0 Å². The molecule has 2 aromatic rings. The molecule has 0 spiro atoms. The van der Waals surface area contributed by atoms with Crippen LogP contribution >= 0.6 is 69.6 Å². The first-order chi connectivity index (χ1) is 19.5. The number of ketones is 1. The Labute approximate surface area is 264 Å². The zero-order valence-electron chi connectivity index (χ0n) is 20.3. The molecule has 1 aliphatic heterocycles. The van der Waals surface area contributed by atoms with Gasteiger partial charge in [-0.05, 0) is 6.07 Å². The predicted octanol–water partition coefficient (Wildman–Crippen LogP) is 5.19. The molecule has 2 bridgehead atoms. The molecule has 3 amide bonds. The smallest absolute Gasteiger partial charge is 0.273 e. The molecule has 2 aromatic carbocycles. The second-order valence-electron chi connectivity index (χ2n) is 9.47. The highest BCUT2D eigenvalue weighted by atomic mass is 35.5. The van der Waals surface area contributed by atoms with E-state index < -0.39 is 77.2 Å². The fraction of sp³-hybridized carbons (Fsp3) is 0.250. The minimum absolute atomic E-state index is 0.240. The molecule has 0 unspecified atom stereocenters. The fourth-order valence-corrected chi connectivity index (χ4v) is 8.30. The van der Waals surface area contributed by atoms with Gasteiger partial charge in [0.05, 0.1) is 31.7 Å². The van der Waals surface area contributed by atoms with Crippen LogP contribution in [-0.2, 0) is 9.59 Å². The summed E-state index contributed by atoms with van der Waals surface area (Å²) in [5, 5.41) is 22.5. The van der Waals surface area contributed by atoms with Gasteiger partial charge in [-0.1, -0.05) is 64.6 Å². The van der Waals surface area contributed by atoms with E-state index in [4.69, 9.17) is 69.6 Å². The number of benzene rings is 2. The number of hydrazine groups is 1. The van der Waals surface area contributed by atoms with Gasteiger partial charge in [-0.3, -0.25) is 39.4 Å². The van der Waals surface area contributed by atoms with Gasteiger partial charge in [0, 0.05) is 35.4 Å². The van der Waals surface area contributed by atoms with E-state index in [1.54, 1.807) is 0 Å². The molecule has 0 aromatic heterocycles. The van der Waals surface area contributed by atoms with Crippen LogP contribution in [0.1, 0.15) is 20.7 Å². The first-order valence-corrected chi connectivity index (χ1v) is 13.8. The molecular weight excluding hydrogens is 685 g/mol. The van der Waals surface area contributed by atoms with Crippen molar-refractivity contribution in [2.75, 3.05) is 6.54 Å². The third-order valence-corrected chi connectivity index (χ3v) is 11.6. The Morgan fingerprint density at radius 1 is 0.810 bits per heavy atom. The number of non-ortho nitro benzene ring substituents is 2. The highest BCUT2D eigenvalue weighted by molar-refractivity contribution is 6.66. The Kier molecular flexibility index (Phi) is 7.28. The minimum atomic E-state index is -2.27. The second kappa shape index (κ2) is 10.0.